The van der Waals surface area contributed by atoms with Gasteiger partial charge in [0.2, 0.25) is 0 Å². The van der Waals surface area contributed by atoms with Crippen molar-refractivity contribution in [2.24, 2.45) is 0 Å². The van der Waals surface area contributed by atoms with Crippen LogP contribution in [0.1, 0.15) is 43.3 Å². The maximum Gasteiger partial charge on any atom is 0.140 e. The lowest BCUT2D eigenvalue weighted by molar-refractivity contribution is 0.297. The van der Waals surface area contributed by atoms with Crippen LogP contribution in [0.5, 0.6) is 5.75 Å². The zero-order valence-electron chi connectivity index (χ0n) is 12.1. The van der Waals surface area contributed by atoms with E-state index < -0.39 is 0 Å². The third-order valence-electron chi connectivity index (χ3n) is 3.18. The van der Waals surface area contributed by atoms with Gasteiger partial charge in [-0.1, -0.05) is 32.0 Å². The molecule has 4 heteroatoms. The minimum Gasteiger partial charge on any atom is -0.486 e. The molecule has 0 saturated carbocycles. The fraction of sp³-hybridized carbons (Fsp3) is 0.438. The summed E-state index contributed by atoms with van der Waals surface area (Å²) in [6, 6.07) is 8.63. The van der Waals surface area contributed by atoms with Gasteiger partial charge in [0.25, 0.3) is 0 Å². The second-order valence-electron chi connectivity index (χ2n) is 4.67. The fourth-order valence-electron chi connectivity index (χ4n) is 2.16. The van der Waals surface area contributed by atoms with E-state index in [0.717, 1.165) is 30.1 Å². The lowest BCUT2D eigenvalue weighted by Gasteiger charge is -2.20. The molecule has 0 aliphatic carbocycles. The van der Waals surface area contributed by atoms with Gasteiger partial charge in [0.15, 0.2) is 0 Å². The number of hydrogen-bond acceptors (Lipinski definition) is 4. The number of nitrogens with zero attached hydrogens (tertiary/aromatic N) is 1. The van der Waals surface area contributed by atoms with E-state index >= 15 is 0 Å². The van der Waals surface area contributed by atoms with Crippen molar-refractivity contribution in [1.82, 2.24) is 10.3 Å². The van der Waals surface area contributed by atoms with Gasteiger partial charge in [-0.3, -0.25) is 0 Å². The van der Waals surface area contributed by atoms with Crippen LogP contribution in [0.15, 0.2) is 35.8 Å². The quantitative estimate of drug-likeness (QED) is 0.792. The van der Waals surface area contributed by atoms with Crippen molar-refractivity contribution in [2.75, 3.05) is 6.54 Å². The van der Waals surface area contributed by atoms with Crippen LogP contribution in [-0.2, 0) is 6.61 Å². The number of nitrogens with one attached hydrogen (secondary N) is 1. The Balaban J connectivity index is 2.07. The Labute approximate surface area is 125 Å². The van der Waals surface area contributed by atoms with E-state index in [1.807, 2.05) is 23.7 Å². The van der Waals surface area contributed by atoms with Crippen LogP contribution in [-0.4, -0.2) is 11.5 Å². The highest BCUT2D eigenvalue weighted by Crippen LogP contribution is 2.28. The maximum atomic E-state index is 5.95. The van der Waals surface area contributed by atoms with Crippen molar-refractivity contribution >= 4 is 11.3 Å². The highest BCUT2D eigenvalue weighted by atomic mass is 32.1. The molecule has 1 atom stereocenters. The molecule has 0 aliphatic heterocycles. The summed E-state index contributed by atoms with van der Waals surface area (Å²) in [5.41, 5.74) is 1.24. The Morgan fingerprint density at radius 3 is 2.85 bits per heavy atom. The lowest BCUT2D eigenvalue weighted by atomic mass is 10.0. The van der Waals surface area contributed by atoms with Crippen molar-refractivity contribution in [1.29, 1.82) is 0 Å². The van der Waals surface area contributed by atoms with Gasteiger partial charge in [-0.15, -0.1) is 11.3 Å². The molecule has 0 saturated heterocycles. The summed E-state index contributed by atoms with van der Waals surface area (Å²) in [7, 11) is 0. The molecule has 0 fully saturated rings. The van der Waals surface area contributed by atoms with Crippen LogP contribution >= 0.6 is 11.3 Å². The molecular formula is C16H22N2OS. The summed E-state index contributed by atoms with van der Waals surface area (Å²) in [6.07, 6.45) is 4.00. The van der Waals surface area contributed by atoms with Crippen LogP contribution in [0.3, 0.4) is 0 Å². The number of benzene rings is 1. The first kappa shape index (κ1) is 15.0. The van der Waals surface area contributed by atoms with E-state index in [0.29, 0.717) is 12.6 Å². The van der Waals surface area contributed by atoms with Crippen molar-refractivity contribution in [3.63, 3.8) is 0 Å². The smallest absolute Gasteiger partial charge is 0.140 e. The summed E-state index contributed by atoms with van der Waals surface area (Å²) in [4.78, 5) is 4.25. The van der Waals surface area contributed by atoms with Gasteiger partial charge >= 0.3 is 0 Å². The SMILES string of the molecule is CCCNC(CC)c1ccccc1OCc1nccs1. The Kier molecular flexibility index (Phi) is 6.02. The average Bonchev–Trinajstić information content (AvgIpc) is 3.00. The zero-order chi connectivity index (χ0) is 14.2. The summed E-state index contributed by atoms with van der Waals surface area (Å²) in [6.45, 7) is 5.95. The Hall–Kier alpha value is -1.39. The third-order valence-corrected chi connectivity index (χ3v) is 3.93. The van der Waals surface area contributed by atoms with Crippen LogP contribution in [0.25, 0.3) is 0 Å². The third kappa shape index (κ3) is 4.05. The molecule has 0 spiro atoms. The number of thiazole rings is 1. The Bertz CT molecular complexity index is 499. The second kappa shape index (κ2) is 8.02. The first-order valence-corrected chi connectivity index (χ1v) is 8.06. The van der Waals surface area contributed by atoms with Crippen LogP contribution in [0, 0.1) is 0 Å². The van der Waals surface area contributed by atoms with E-state index in [1.165, 1.54) is 5.56 Å². The van der Waals surface area contributed by atoms with Gasteiger partial charge in [-0.25, -0.2) is 4.98 Å². The molecule has 1 N–H and O–H groups in total. The van der Waals surface area contributed by atoms with Crippen molar-refractivity contribution < 1.29 is 4.74 Å². The number of para-hydroxylation sites is 1. The van der Waals surface area contributed by atoms with Crippen LogP contribution < -0.4 is 10.1 Å². The second-order valence-corrected chi connectivity index (χ2v) is 5.65. The first-order valence-electron chi connectivity index (χ1n) is 7.18. The number of ether oxygens (including phenoxy) is 1. The van der Waals surface area contributed by atoms with Crippen LogP contribution in [0.2, 0.25) is 0 Å². The Morgan fingerprint density at radius 2 is 2.15 bits per heavy atom. The summed E-state index contributed by atoms with van der Waals surface area (Å²) >= 11 is 1.62. The maximum absolute atomic E-state index is 5.95. The number of rotatable bonds is 8. The highest BCUT2D eigenvalue weighted by Gasteiger charge is 2.13. The van der Waals surface area contributed by atoms with Gasteiger partial charge in [0, 0.05) is 23.2 Å². The minimum absolute atomic E-state index is 0.349. The van der Waals surface area contributed by atoms with E-state index in [2.05, 4.69) is 36.3 Å². The fourth-order valence-corrected chi connectivity index (χ4v) is 2.68. The normalized spacial score (nSPS) is 12.3. The molecule has 1 heterocycles. The van der Waals surface area contributed by atoms with Gasteiger partial charge in [0.05, 0.1) is 0 Å². The molecule has 1 aromatic heterocycles. The first-order chi connectivity index (χ1) is 9.85. The monoisotopic (exact) mass is 290 g/mol. The molecule has 0 bridgehead atoms. The standard InChI is InChI=1S/C16H22N2OS/c1-3-9-17-14(4-2)13-7-5-6-8-15(13)19-12-16-18-10-11-20-16/h5-8,10-11,14,17H,3-4,9,12H2,1-2H3. The molecule has 0 amide bonds. The summed E-state index contributed by atoms with van der Waals surface area (Å²) in [5, 5.41) is 6.56. The van der Waals surface area contributed by atoms with Gasteiger partial charge < -0.3 is 10.1 Å². The number of hydrogen-bond donors (Lipinski definition) is 1. The molecule has 0 radical (unpaired) electrons. The van der Waals surface area contributed by atoms with Crippen molar-refractivity contribution in [2.45, 2.75) is 39.3 Å². The average molecular weight is 290 g/mol. The van der Waals surface area contributed by atoms with E-state index in [1.54, 1.807) is 11.3 Å². The molecule has 1 aromatic carbocycles. The zero-order valence-corrected chi connectivity index (χ0v) is 13.0. The molecule has 2 aromatic rings. The Morgan fingerprint density at radius 1 is 1.30 bits per heavy atom. The largest absolute Gasteiger partial charge is 0.486 e. The van der Waals surface area contributed by atoms with E-state index in [-0.39, 0.29) is 0 Å². The van der Waals surface area contributed by atoms with Gasteiger partial charge in [-0.2, -0.15) is 0 Å². The lowest BCUT2D eigenvalue weighted by Crippen LogP contribution is -2.22. The van der Waals surface area contributed by atoms with Gasteiger partial charge in [-0.05, 0) is 25.5 Å². The molecular weight excluding hydrogens is 268 g/mol. The van der Waals surface area contributed by atoms with Crippen LogP contribution in [0.4, 0.5) is 0 Å². The minimum atomic E-state index is 0.349. The molecule has 0 aliphatic rings. The molecule has 3 nitrogen and oxygen atoms in total. The topological polar surface area (TPSA) is 34.1 Å². The van der Waals surface area contributed by atoms with Gasteiger partial charge in [0.1, 0.15) is 17.4 Å². The molecule has 20 heavy (non-hydrogen) atoms. The molecule has 2 rings (SSSR count). The van der Waals surface area contributed by atoms with E-state index in [9.17, 15) is 0 Å². The van der Waals surface area contributed by atoms with Crippen molar-refractivity contribution in [3.8, 4) is 5.75 Å². The number of aromatic nitrogens is 1. The molecule has 1 unspecified atom stereocenters. The summed E-state index contributed by atoms with van der Waals surface area (Å²) < 4.78 is 5.95. The highest BCUT2D eigenvalue weighted by molar-refractivity contribution is 7.09. The predicted octanol–water partition coefficient (Wildman–Crippen LogP) is 4.17. The summed E-state index contributed by atoms with van der Waals surface area (Å²) in [5.74, 6) is 0.957. The predicted molar refractivity (Wildman–Crippen MR) is 84.2 cm³/mol. The molecule has 108 valence electrons. The van der Waals surface area contributed by atoms with Crippen molar-refractivity contribution in [3.05, 3.63) is 46.4 Å². The van der Waals surface area contributed by atoms with E-state index in [4.69, 9.17) is 4.74 Å².